The Morgan fingerprint density at radius 1 is 1.42 bits per heavy atom. The molecule has 0 bridgehead atoms. The Kier molecular flexibility index (Phi) is 3.35. The van der Waals surface area contributed by atoms with Gasteiger partial charge < -0.3 is 5.32 Å². The van der Waals surface area contributed by atoms with E-state index in [4.69, 9.17) is 0 Å². The molecule has 2 rings (SSSR count). The first-order valence-corrected chi connectivity index (χ1v) is 5.24. The van der Waals surface area contributed by atoms with Gasteiger partial charge in [-0.1, -0.05) is 13.8 Å². The maximum Gasteiger partial charge on any atom is 0.0342 e. The fourth-order valence-corrected chi connectivity index (χ4v) is 2.09. The van der Waals surface area contributed by atoms with Gasteiger partial charge in [-0.15, -0.1) is 11.3 Å². The van der Waals surface area contributed by atoms with Crippen molar-refractivity contribution in [3.63, 3.8) is 0 Å². The van der Waals surface area contributed by atoms with Crippen LogP contribution in [0.3, 0.4) is 0 Å². The largest absolute Gasteiger partial charge is 0.387 e. The summed E-state index contributed by atoms with van der Waals surface area (Å²) in [6.45, 7) is 7.12. The molecule has 0 spiro atoms. The molecule has 0 saturated carbocycles. The van der Waals surface area contributed by atoms with Crippen LogP contribution in [0, 0.1) is 6.92 Å². The summed E-state index contributed by atoms with van der Waals surface area (Å²) in [5, 5.41) is 6.76. The van der Waals surface area contributed by atoms with E-state index in [2.05, 4.69) is 29.9 Å². The van der Waals surface area contributed by atoms with Crippen LogP contribution in [0.5, 0.6) is 0 Å². The lowest BCUT2D eigenvalue weighted by Crippen LogP contribution is -2.30. The van der Waals surface area contributed by atoms with Gasteiger partial charge in [0.15, 0.2) is 0 Å². The van der Waals surface area contributed by atoms with E-state index in [9.17, 15) is 0 Å². The summed E-state index contributed by atoms with van der Waals surface area (Å²) < 4.78 is 1.41. The van der Waals surface area contributed by atoms with E-state index in [-0.39, 0.29) is 0 Å². The van der Waals surface area contributed by atoms with E-state index in [0.29, 0.717) is 0 Å². The Morgan fingerprint density at radius 2 is 2.17 bits per heavy atom. The normalized spacial score (nSPS) is 12.6. The van der Waals surface area contributed by atoms with E-state index in [1.54, 1.807) is 0 Å². The quantitative estimate of drug-likeness (QED) is 0.634. The molecule has 1 N–H and O–H groups in total. The number of hydrogen-bond acceptors (Lipinski definition) is 2. The topological polar surface area (TPSA) is 12.0 Å². The molecule has 0 radical (unpaired) electrons. The number of thiophene rings is 1. The van der Waals surface area contributed by atoms with Crippen molar-refractivity contribution in [2.24, 2.45) is 0 Å². The van der Waals surface area contributed by atoms with E-state index in [1.165, 1.54) is 15.3 Å². The summed E-state index contributed by atoms with van der Waals surface area (Å²) >= 11 is 1.83. The van der Waals surface area contributed by atoms with Gasteiger partial charge >= 0.3 is 0 Å². The zero-order valence-electron chi connectivity index (χ0n) is 7.85. The number of nitrogens with one attached hydrogen (secondary N) is 1. The highest BCUT2D eigenvalue weighted by atomic mass is 32.1. The Bertz CT molecular complexity index is 348. The molecular weight excluding hydrogens is 166 g/mol. The van der Waals surface area contributed by atoms with Crippen molar-refractivity contribution in [3.8, 4) is 0 Å². The fraction of sp³-hybridized carbons (Fsp3) is 0.400. The van der Waals surface area contributed by atoms with Gasteiger partial charge in [0.1, 0.15) is 0 Å². The van der Waals surface area contributed by atoms with Crippen LogP contribution in [0.25, 0.3) is 12.3 Å². The van der Waals surface area contributed by atoms with Crippen LogP contribution in [0.1, 0.15) is 19.4 Å². The molecule has 2 heterocycles. The predicted octanol–water partition coefficient (Wildman–Crippen LogP) is 1.20. The average molecular weight is 181 g/mol. The number of aryl methyl sites for hydroxylation is 1. The molecule has 2 heteroatoms. The Hall–Kier alpha value is -0.760. The molecule has 1 aromatic heterocycles. The van der Waals surface area contributed by atoms with Gasteiger partial charge in [0.05, 0.1) is 0 Å². The van der Waals surface area contributed by atoms with Crippen molar-refractivity contribution in [2.75, 3.05) is 6.54 Å². The van der Waals surface area contributed by atoms with Gasteiger partial charge in [0, 0.05) is 22.5 Å². The number of hydrogen-bond donors (Lipinski definition) is 1. The van der Waals surface area contributed by atoms with Crippen LogP contribution in [0.4, 0.5) is 0 Å². The minimum atomic E-state index is 0.979. The van der Waals surface area contributed by atoms with Gasteiger partial charge in [-0.05, 0) is 23.9 Å². The van der Waals surface area contributed by atoms with Crippen LogP contribution >= 0.6 is 11.3 Å². The Balaban J connectivity index is 0.000000336. The van der Waals surface area contributed by atoms with Gasteiger partial charge in [0.25, 0.3) is 0 Å². The SMILES string of the molecule is CC.Cc1csc2c1=CNCC=2. The van der Waals surface area contributed by atoms with Crippen LogP contribution in [0.2, 0.25) is 0 Å². The second-order valence-electron chi connectivity index (χ2n) is 2.45. The van der Waals surface area contributed by atoms with Crippen LogP contribution < -0.4 is 15.1 Å². The monoisotopic (exact) mass is 181 g/mol. The van der Waals surface area contributed by atoms with Gasteiger partial charge in [0.2, 0.25) is 0 Å². The standard InChI is InChI=1S/C8H9NS.C2H6/c1-6-5-10-8-2-3-9-4-7(6)8;1-2/h2,4-5,9H,3H2,1H3;1-2H3. The zero-order chi connectivity index (χ0) is 8.97. The van der Waals surface area contributed by atoms with Crippen LogP contribution in [0.15, 0.2) is 5.38 Å². The van der Waals surface area contributed by atoms with Crippen molar-refractivity contribution in [1.29, 1.82) is 0 Å². The lowest BCUT2D eigenvalue weighted by molar-refractivity contribution is 1.06. The molecule has 66 valence electrons. The lowest BCUT2D eigenvalue weighted by Gasteiger charge is -1.97. The molecule has 0 atom stereocenters. The highest BCUT2D eigenvalue weighted by molar-refractivity contribution is 7.07. The van der Waals surface area contributed by atoms with Crippen LogP contribution in [-0.4, -0.2) is 6.54 Å². The fourth-order valence-electron chi connectivity index (χ4n) is 1.13. The van der Waals surface area contributed by atoms with Gasteiger partial charge in [-0.25, -0.2) is 0 Å². The van der Waals surface area contributed by atoms with Crippen molar-refractivity contribution < 1.29 is 0 Å². The third-order valence-electron chi connectivity index (χ3n) is 1.70. The van der Waals surface area contributed by atoms with Gasteiger partial charge in [-0.2, -0.15) is 0 Å². The summed E-state index contributed by atoms with van der Waals surface area (Å²) in [7, 11) is 0. The molecule has 0 aromatic carbocycles. The highest BCUT2D eigenvalue weighted by Crippen LogP contribution is 1.91. The minimum absolute atomic E-state index is 0.979. The average Bonchev–Trinajstić information content (AvgIpc) is 2.53. The first-order chi connectivity index (χ1) is 5.88. The van der Waals surface area contributed by atoms with E-state index in [0.717, 1.165) is 6.54 Å². The number of rotatable bonds is 0. The maximum atomic E-state index is 3.19. The summed E-state index contributed by atoms with van der Waals surface area (Å²) in [4.78, 5) is 0. The lowest BCUT2D eigenvalue weighted by atomic mass is 10.3. The molecule has 1 aliphatic heterocycles. The molecule has 1 nitrogen and oxygen atoms in total. The van der Waals surface area contributed by atoms with Crippen LogP contribution in [-0.2, 0) is 0 Å². The summed E-state index contributed by atoms with van der Waals surface area (Å²) in [6, 6.07) is 0. The molecule has 0 amide bonds. The molecule has 0 saturated heterocycles. The summed E-state index contributed by atoms with van der Waals surface area (Å²) in [6.07, 6.45) is 4.33. The smallest absolute Gasteiger partial charge is 0.0342 e. The minimum Gasteiger partial charge on any atom is -0.387 e. The molecule has 0 unspecified atom stereocenters. The summed E-state index contributed by atoms with van der Waals surface area (Å²) in [5.74, 6) is 0. The maximum absolute atomic E-state index is 3.19. The molecular formula is C10H15NS. The second-order valence-corrected chi connectivity index (χ2v) is 3.36. The Labute approximate surface area is 77.4 Å². The second kappa shape index (κ2) is 4.31. The molecule has 0 fully saturated rings. The molecule has 1 aliphatic rings. The third kappa shape index (κ3) is 1.69. The van der Waals surface area contributed by atoms with Crippen molar-refractivity contribution >= 4 is 23.6 Å². The van der Waals surface area contributed by atoms with E-state index >= 15 is 0 Å². The molecule has 12 heavy (non-hydrogen) atoms. The van der Waals surface area contributed by atoms with Crippen molar-refractivity contribution in [3.05, 3.63) is 20.7 Å². The molecule has 1 aromatic rings. The Morgan fingerprint density at radius 3 is 2.83 bits per heavy atom. The van der Waals surface area contributed by atoms with Gasteiger partial charge in [-0.3, -0.25) is 0 Å². The van der Waals surface area contributed by atoms with E-state index in [1.807, 2.05) is 25.2 Å². The highest BCUT2D eigenvalue weighted by Gasteiger charge is 1.95. The van der Waals surface area contributed by atoms with Crippen molar-refractivity contribution in [2.45, 2.75) is 20.8 Å². The van der Waals surface area contributed by atoms with E-state index < -0.39 is 0 Å². The third-order valence-corrected chi connectivity index (χ3v) is 2.82. The number of fused-ring (bicyclic) bond motifs is 1. The predicted molar refractivity (Wildman–Crippen MR) is 56.6 cm³/mol. The first kappa shape index (κ1) is 9.33. The summed E-state index contributed by atoms with van der Waals surface area (Å²) in [5.41, 5.74) is 1.38. The van der Waals surface area contributed by atoms with Crippen molar-refractivity contribution in [1.82, 2.24) is 5.32 Å². The molecule has 0 aliphatic carbocycles. The zero-order valence-corrected chi connectivity index (χ0v) is 8.66. The first-order valence-electron chi connectivity index (χ1n) is 4.36.